The Morgan fingerprint density at radius 2 is 1.96 bits per heavy atom. The number of phenolic OH excluding ortho intramolecular Hbond substituents is 3. The molecule has 0 aliphatic heterocycles. The monoisotopic (exact) mass is 326 g/mol. The number of nitrogens with zero attached hydrogens (tertiary/aromatic N) is 1. The lowest BCUT2D eigenvalue weighted by molar-refractivity contribution is 0.0928. The molecule has 0 radical (unpaired) electrons. The number of nitrogens with one attached hydrogen (secondary N) is 1. The van der Waals surface area contributed by atoms with E-state index < -0.39 is 5.91 Å². The minimum atomic E-state index is -0.586. The average Bonchev–Trinajstić information content (AvgIpc) is 2.88. The first kappa shape index (κ1) is 15.4. The van der Waals surface area contributed by atoms with Crippen molar-refractivity contribution < 1.29 is 24.5 Å². The predicted octanol–water partition coefficient (Wildman–Crippen LogP) is 2.62. The van der Waals surface area contributed by atoms with E-state index in [1.54, 1.807) is 19.1 Å². The minimum absolute atomic E-state index is 0.0327. The van der Waals surface area contributed by atoms with Crippen LogP contribution in [0.25, 0.3) is 11.0 Å². The first-order valence-electron chi connectivity index (χ1n) is 7.04. The van der Waals surface area contributed by atoms with Crippen LogP contribution >= 0.6 is 0 Å². The number of carbonyl (C=O) groups is 1. The van der Waals surface area contributed by atoms with Gasteiger partial charge in [-0.1, -0.05) is 6.07 Å². The number of benzene rings is 2. The highest BCUT2D eigenvalue weighted by molar-refractivity contribution is 6.01. The van der Waals surface area contributed by atoms with E-state index in [-0.39, 0.29) is 23.0 Å². The summed E-state index contributed by atoms with van der Waals surface area (Å²) in [6, 6.07) is 8.78. The van der Waals surface area contributed by atoms with E-state index in [4.69, 9.17) is 4.42 Å². The fourth-order valence-corrected chi connectivity index (χ4v) is 2.35. The Kier molecular flexibility index (Phi) is 3.83. The van der Waals surface area contributed by atoms with Crippen molar-refractivity contribution in [2.45, 2.75) is 6.92 Å². The van der Waals surface area contributed by atoms with Gasteiger partial charge in [0.05, 0.1) is 11.6 Å². The van der Waals surface area contributed by atoms with Gasteiger partial charge in [0.1, 0.15) is 22.8 Å². The summed E-state index contributed by atoms with van der Waals surface area (Å²) in [5.74, 6) is -0.759. The summed E-state index contributed by atoms with van der Waals surface area (Å²) < 4.78 is 5.46. The molecule has 0 atom stereocenters. The van der Waals surface area contributed by atoms with Gasteiger partial charge in [0, 0.05) is 17.2 Å². The number of rotatable bonds is 3. The van der Waals surface area contributed by atoms with E-state index in [0.29, 0.717) is 22.1 Å². The Balaban J connectivity index is 1.82. The molecule has 0 saturated carbocycles. The van der Waals surface area contributed by atoms with Crippen LogP contribution in [0.2, 0.25) is 0 Å². The standard InChI is InChI=1S/C17H14N2O5/c1-9-15-12(21)3-2-4-14(15)24-16(9)17(23)19-18-8-10-5-6-11(20)7-13(10)22/h2-8,20-22H,1H3,(H,19,23)/b18-8+. The second kappa shape index (κ2) is 5.96. The molecule has 1 amide bonds. The number of hydrazone groups is 1. The van der Waals surface area contributed by atoms with Crippen LogP contribution < -0.4 is 5.43 Å². The molecule has 7 nitrogen and oxygen atoms in total. The summed E-state index contributed by atoms with van der Waals surface area (Å²) in [5, 5.41) is 32.9. The van der Waals surface area contributed by atoms with Gasteiger partial charge < -0.3 is 19.7 Å². The first-order valence-corrected chi connectivity index (χ1v) is 7.04. The van der Waals surface area contributed by atoms with Crippen molar-refractivity contribution in [2.75, 3.05) is 0 Å². The van der Waals surface area contributed by atoms with E-state index in [1.807, 2.05) is 0 Å². The Morgan fingerprint density at radius 1 is 1.17 bits per heavy atom. The Labute approximate surface area is 136 Å². The molecule has 0 saturated heterocycles. The van der Waals surface area contributed by atoms with Crippen molar-refractivity contribution in [3.63, 3.8) is 0 Å². The van der Waals surface area contributed by atoms with Crippen molar-refractivity contribution in [3.05, 3.63) is 53.3 Å². The minimum Gasteiger partial charge on any atom is -0.508 e. The number of hydrogen-bond acceptors (Lipinski definition) is 6. The third-order valence-electron chi connectivity index (χ3n) is 3.52. The molecule has 122 valence electrons. The van der Waals surface area contributed by atoms with Crippen molar-refractivity contribution in [3.8, 4) is 17.2 Å². The molecule has 3 rings (SSSR count). The zero-order valence-corrected chi connectivity index (χ0v) is 12.6. The molecule has 2 aromatic carbocycles. The van der Waals surface area contributed by atoms with Crippen molar-refractivity contribution in [2.24, 2.45) is 5.10 Å². The predicted molar refractivity (Wildman–Crippen MR) is 87.4 cm³/mol. The summed E-state index contributed by atoms with van der Waals surface area (Å²) in [5.41, 5.74) is 3.52. The van der Waals surface area contributed by atoms with Crippen LogP contribution in [-0.2, 0) is 0 Å². The van der Waals surface area contributed by atoms with Gasteiger partial charge in [-0.2, -0.15) is 5.10 Å². The summed E-state index contributed by atoms with van der Waals surface area (Å²) in [6.45, 7) is 1.66. The maximum atomic E-state index is 12.2. The van der Waals surface area contributed by atoms with Crippen LogP contribution in [-0.4, -0.2) is 27.4 Å². The Hall–Kier alpha value is -3.48. The molecule has 0 spiro atoms. The van der Waals surface area contributed by atoms with E-state index in [9.17, 15) is 20.1 Å². The van der Waals surface area contributed by atoms with E-state index in [1.165, 1.54) is 24.4 Å². The summed E-state index contributed by atoms with van der Waals surface area (Å²) in [4.78, 5) is 12.2. The molecule has 4 N–H and O–H groups in total. The highest BCUT2D eigenvalue weighted by Crippen LogP contribution is 2.32. The average molecular weight is 326 g/mol. The van der Waals surface area contributed by atoms with Crippen LogP contribution in [0.15, 0.2) is 45.9 Å². The van der Waals surface area contributed by atoms with Crippen molar-refractivity contribution in [1.29, 1.82) is 0 Å². The number of fused-ring (bicyclic) bond motifs is 1. The van der Waals surface area contributed by atoms with Gasteiger partial charge in [0.25, 0.3) is 0 Å². The number of furan rings is 1. The van der Waals surface area contributed by atoms with E-state index in [0.717, 1.165) is 6.07 Å². The molecule has 1 heterocycles. The molecule has 24 heavy (non-hydrogen) atoms. The summed E-state index contributed by atoms with van der Waals surface area (Å²) in [7, 11) is 0. The SMILES string of the molecule is Cc1c(C(=O)N/N=C/c2ccc(O)cc2O)oc2cccc(O)c12. The largest absolute Gasteiger partial charge is 0.508 e. The number of amides is 1. The van der Waals surface area contributed by atoms with Crippen molar-refractivity contribution in [1.82, 2.24) is 5.43 Å². The highest BCUT2D eigenvalue weighted by atomic mass is 16.3. The van der Waals surface area contributed by atoms with Gasteiger partial charge in [0.15, 0.2) is 5.76 Å². The van der Waals surface area contributed by atoms with E-state index >= 15 is 0 Å². The number of carbonyl (C=O) groups excluding carboxylic acids is 1. The molecule has 0 fully saturated rings. The number of aryl methyl sites for hydroxylation is 1. The molecule has 0 unspecified atom stereocenters. The second-order valence-electron chi connectivity index (χ2n) is 5.15. The Bertz CT molecular complexity index is 959. The maximum Gasteiger partial charge on any atom is 0.307 e. The lowest BCUT2D eigenvalue weighted by atomic mass is 10.1. The van der Waals surface area contributed by atoms with E-state index in [2.05, 4.69) is 10.5 Å². The molecule has 1 aromatic heterocycles. The zero-order valence-electron chi connectivity index (χ0n) is 12.6. The lowest BCUT2D eigenvalue weighted by Gasteiger charge is -2.00. The van der Waals surface area contributed by atoms with Gasteiger partial charge in [-0.3, -0.25) is 4.79 Å². The quantitative estimate of drug-likeness (QED) is 0.436. The molecule has 0 bridgehead atoms. The normalized spacial score (nSPS) is 11.2. The molecular weight excluding hydrogens is 312 g/mol. The fourth-order valence-electron chi connectivity index (χ4n) is 2.35. The molecule has 0 aliphatic carbocycles. The second-order valence-corrected chi connectivity index (χ2v) is 5.15. The number of phenols is 3. The first-order chi connectivity index (χ1) is 11.5. The van der Waals surface area contributed by atoms with Gasteiger partial charge in [-0.05, 0) is 31.2 Å². The Morgan fingerprint density at radius 3 is 2.67 bits per heavy atom. The van der Waals surface area contributed by atoms with Gasteiger partial charge >= 0.3 is 5.91 Å². The zero-order chi connectivity index (χ0) is 17.3. The number of aromatic hydroxyl groups is 3. The van der Waals surface area contributed by atoms with Crippen LogP contribution in [0, 0.1) is 6.92 Å². The van der Waals surface area contributed by atoms with Gasteiger partial charge in [-0.15, -0.1) is 0 Å². The smallest absolute Gasteiger partial charge is 0.307 e. The topological polar surface area (TPSA) is 115 Å². The maximum absolute atomic E-state index is 12.2. The third kappa shape index (κ3) is 2.74. The molecule has 7 heteroatoms. The summed E-state index contributed by atoms with van der Waals surface area (Å²) >= 11 is 0. The molecule has 0 aliphatic rings. The third-order valence-corrected chi connectivity index (χ3v) is 3.52. The fraction of sp³-hybridized carbons (Fsp3) is 0.0588. The number of hydrogen-bond donors (Lipinski definition) is 4. The molecular formula is C17H14N2O5. The van der Waals surface area contributed by atoms with Crippen LogP contribution in [0.1, 0.15) is 21.7 Å². The van der Waals surface area contributed by atoms with Crippen molar-refractivity contribution >= 4 is 23.1 Å². The van der Waals surface area contributed by atoms with Crippen LogP contribution in [0.3, 0.4) is 0 Å². The van der Waals surface area contributed by atoms with Gasteiger partial charge in [0.2, 0.25) is 0 Å². The van der Waals surface area contributed by atoms with Gasteiger partial charge in [-0.25, -0.2) is 5.43 Å². The highest BCUT2D eigenvalue weighted by Gasteiger charge is 2.19. The molecule has 3 aromatic rings. The summed E-state index contributed by atoms with van der Waals surface area (Å²) in [6.07, 6.45) is 1.24. The lowest BCUT2D eigenvalue weighted by Crippen LogP contribution is -2.17. The van der Waals surface area contributed by atoms with Crippen LogP contribution in [0.4, 0.5) is 0 Å². The van der Waals surface area contributed by atoms with Crippen LogP contribution in [0.5, 0.6) is 17.2 Å².